The predicted molar refractivity (Wildman–Crippen MR) is 150 cm³/mol. The fourth-order valence-electron chi connectivity index (χ4n) is 7.44. The van der Waals surface area contributed by atoms with Crippen molar-refractivity contribution in [3.05, 3.63) is 109 Å². The second-order valence-electron chi connectivity index (χ2n) is 10.1. The lowest BCUT2D eigenvalue weighted by molar-refractivity contribution is 1.19. The highest BCUT2D eigenvalue weighted by Crippen LogP contribution is 2.55. The van der Waals surface area contributed by atoms with Crippen LogP contribution in [0.3, 0.4) is 0 Å². The van der Waals surface area contributed by atoms with E-state index in [0.29, 0.717) is 0 Å². The zero-order chi connectivity index (χ0) is 23.1. The minimum absolute atomic E-state index is 0.235. The third kappa shape index (κ3) is 1.74. The van der Waals surface area contributed by atoms with Gasteiger partial charge >= 0.3 is 0 Å². The Hall–Kier alpha value is -4.70. The Morgan fingerprint density at radius 2 is 1.08 bits per heavy atom. The standard InChI is InChI=1S/C32H18BN3/c1-2-9-19(10-3-1)34-24-15-7-17-26-29(24)33-30-25(34)16-8-18-27(30)36-23-14-6-12-21-20-11-4-5-13-22(20)35(26)31(28(21)23)32(33)36/h1-18H. The van der Waals surface area contributed by atoms with Gasteiger partial charge in [0.1, 0.15) is 0 Å². The molecule has 0 atom stereocenters. The molecule has 0 saturated carbocycles. The molecule has 0 unspecified atom stereocenters. The number of anilines is 6. The van der Waals surface area contributed by atoms with E-state index in [0.717, 1.165) is 0 Å². The quantitative estimate of drug-likeness (QED) is 0.281. The fourth-order valence-corrected chi connectivity index (χ4v) is 7.44. The van der Waals surface area contributed by atoms with Crippen molar-refractivity contribution < 1.29 is 0 Å². The lowest BCUT2D eigenvalue weighted by atomic mass is 9.36. The van der Waals surface area contributed by atoms with Gasteiger partial charge in [0.25, 0.3) is 6.71 Å². The monoisotopic (exact) mass is 455 g/mol. The van der Waals surface area contributed by atoms with Gasteiger partial charge in [0.2, 0.25) is 0 Å². The summed E-state index contributed by atoms with van der Waals surface area (Å²) in [7, 11) is 0. The number of aromatic nitrogens is 1. The van der Waals surface area contributed by atoms with Crippen LogP contribution in [0.2, 0.25) is 0 Å². The Kier molecular flexibility index (Phi) is 2.82. The molecule has 10 rings (SSSR count). The van der Waals surface area contributed by atoms with Crippen LogP contribution in [0.4, 0.5) is 34.1 Å². The molecule has 1 aromatic heterocycles. The summed E-state index contributed by atoms with van der Waals surface area (Å²) in [5.41, 5.74) is 17.2. The van der Waals surface area contributed by atoms with E-state index < -0.39 is 0 Å². The first-order chi connectivity index (χ1) is 17.9. The zero-order valence-electron chi connectivity index (χ0n) is 19.3. The van der Waals surface area contributed by atoms with Gasteiger partial charge in [-0.2, -0.15) is 0 Å². The van der Waals surface area contributed by atoms with Gasteiger partial charge in [0.05, 0.1) is 16.9 Å². The van der Waals surface area contributed by atoms with Crippen molar-refractivity contribution in [2.75, 3.05) is 9.80 Å². The van der Waals surface area contributed by atoms with Gasteiger partial charge < -0.3 is 14.4 Å². The van der Waals surface area contributed by atoms with Gasteiger partial charge in [-0.05, 0) is 65.0 Å². The van der Waals surface area contributed by atoms with Crippen LogP contribution in [0.1, 0.15) is 0 Å². The fraction of sp³-hybridized carbons (Fsp3) is 0. The van der Waals surface area contributed by atoms with Gasteiger partial charge in [0.15, 0.2) is 0 Å². The first-order valence-corrected chi connectivity index (χ1v) is 12.6. The Morgan fingerprint density at radius 3 is 1.92 bits per heavy atom. The first kappa shape index (κ1) is 17.7. The summed E-state index contributed by atoms with van der Waals surface area (Å²) in [6, 6.07) is 40.2. The van der Waals surface area contributed by atoms with Crippen molar-refractivity contribution in [2.24, 2.45) is 0 Å². The third-order valence-corrected chi connectivity index (χ3v) is 8.61. The molecule has 6 aromatic rings. The molecule has 4 aliphatic rings. The summed E-state index contributed by atoms with van der Waals surface area (Å²) in [6.07, 6.45) is 0. The minimum Gasteiger partial charge on any atom is -0.320 e. The zero-order valence-corrected chi connectivity index (χ0v) is 19.3. The van der Waals surface area contributed by atoms with Crippen molar-refractivity contribution >= 4 is 68.3 Å². The molecule has 0 amide bonds. The summed E-state index contributed by atoms with van der Waals surface area (Å²) in [6.45, 7) is 0.235. The van der Waals surface area contributed by atoms with Gasteiger partial charge in [-0.25, -0.2) is 0 Å². The van der Waals surface area contributed by atoms with E-state index in [1.165, 1.54) is 78.4 Å². The van der Waals surface area contributed by atoms with Gasteiger partial charge in [0, 0.05) is 45.0 Å². The summed E-state index contributed by atoms with van der Waals surface area (Å²) in [4.78, 5) is 5.01. The van der Waals surface area contributed by atoms with E-state index >= 15 is 0 Å². The molecular formula is C32H18BN3. The maximum absolute atomic E-state index is 2.56. The van der Waals surface area contributed by atoms with Crippen molar-refractivity contribution in [1.82, 2.24) is 4.57 Å². The average molecular weight is 455 g/mol. The molecule has 0 fully saturated rings. The van der Waals surface area contributed by atoms with Crippen LogP contribution in [-0.2, 0) is 0 Å². The van der Waals surface area contributed by atoms with Crippen LogP contribution in [0.5, 0.6) is 0 Å². The van der Waals surface area contributed by atoms with E-state index in [1.807, 2.05) is 0 Å². The van der Waals surface area contributed by atoms with Crippen molar-refractivity contribution in [2.45, 2.75) is 0 Å². The maximum atomic E-state index is 2.56. The van der Waals surface area contributed by atoms with Crippen LogP contribution < -0.4 is 26.3 Å². The summed E-state index contributed by atoms with van der Waals surface area (Å²) in [5, 5.41) is 1.38. The van der Waals surface area contributed by atoms with E-state index in [4.69, 9.17) is 0 Å². The highest BCUT2D eigenvalue weighted by atomic mass is 15.2. The molecule has 36 heavy (non-hydrogen) atoms. The molecule has 0 spiro atoms. The van der Waals surface area contributed by atoms with Crippen LogP contribution in [0, 0.1) is 0 Å². The van der Waals surface area contributed by atoms with Crippen LogP contribution >= 0.6 is 0 Å². The third-order valence-electron chi connectivity index (χ3n) is 8.61. The molecule has 5 heterocycles. The number of nitrogens with zero attached hydrogens (tertiary/aromatic N) is 3. The van der Waals surface area contributed by atoms with E-state index in [2.05, 4.69) is 124 Å². The highest BCUT2D eigenvalue weighted by molar-refractivity contribution is 7.02. The molecule has 164 valence electrons. The van der Waals surface area contributed by atoms with E-state index in [-0.39, 0.29) is 6.71 Å². The maximum Gasteiger partial charge on any atom is 0.275 e. The van der Waals surface area contributed by atoms with Crippen molar-refractivity contribution in [3.8, 4) is 16.8 Å². The number of para-hydroxylation sites is 2. The predicted octanol–water partition coefficient (Wildman–Crippen LogP) is 6.01. The van der Waals surface area contributed by atoms with Gasteiger partial charge in [-0.3, -0.25) is 0 Å². The lowest BCUT2D eigenvalue weighted by Gasteiger charge is -2.43. The van der Waals surface area contributed by atoms with E-state index in [9.17, 15) is 0 Å². The lowest BCUT2D eigenvalue weighted by Crippen LogP contribution is -2.59. The summed E-state index contributed by atoms with van der Waals surface area (Å²) < 4.78 is 2.56. The number of hydrogen-bond donors (Lipinski definition) is 0. The molecule has 0 N–H and O–H groups in total. The summed E-state index contributed by atoms with van der Waals surface area (Å²) >= 11 is 0. The second kappa shape index (κ2) is 5.75. The van der Waals surface area contributed by atoms with Crippen molar-refractivity contribution in [1.29, 1.82) is 0 Å². The largest absolute Gasteiger partial charge is 0.320 e. The number of hydrogen-bond acceptors (Lipinski definition) is 2. The minimum atomic E-state index is 0.235. The van der Waals surface area contributed by atoms with Crippen molar-refractivity contribution in [3.63, 3.8) is 0 Å². The number of benzene rings is 5. The molecule has 4 heteroatoms. The second-order valence-corrected chi connectivity index (χ2v) is 10.1. The SMILES string of the molecule is c1ccc(N2c3cccc4c3B3c5c2cccc5-n2c3c3c5c(cccc52)-c2ccccc2N43)cc1. The molecule has 3 nitrogen and oxygen atoms in total. The molecule has 5 aromatic carbocycles. The highest BCUT2D eigenvalue weighted by Gasteiger charge is 2.52. The van der Waals surface area contributed by atoms with Crippen LogP contribution in [0.25, 0.3) is 27.7 Å². The molecule has 0 saturated heterocycles. The number of rotatable bonds is 1. The first-order valence-electron chi connectivity index (χ1n) is 12.6. The Morgan fingerprint density at radius 1 is 0.472 bits per heavy atom. The molecule has 0 radical (unpaired) electrons. The Bertz CT molecular complexity index is 1970. The molecule has 0 bridgehead atoms. The van der Waals surface area contributed by atoms with Gasteiger partial charge in [-0.15, -0.1) is 0 Å². The molecular weight excluding hydrogens is 437 g/mol. The smallest absolute Gasteiger partial charge is 0.275 e. The topological polar surface area (TPSA) is 11.4 Å². The normalized spacial score (nSPS) is 14.5. The van der Waals surface area contributed by atoms with Gasteiger partial charge in [-0.1, -0.05) is 60.7 Å². The molecule has 4 aliphatic heterocycles. The van der Waals surface area contributed by atoms with Crippen LogP contribution in [0.15, 0.2) is 109 Å². The van der Waals surface area contributed by atoms with E-state index in [1.54, 1.807) is 0 Å². The Labute approximate surface area is 208 Å². The summed E-state index contributed by atoms with van der Waals surface area (Å²) in [5.74, 6) is 0. The Balaban J connectivity index is 1.46. The molecule has 0 aliphatic carbocycles. The average Bonchev–Trinajstić information content (AvgIpc) is 3.47. The van der Waals surface area contributed by atoms with Crippen LogP contribution in [-0.4, -0.2) is 11.3 Å². The number of fused-ring (bicyclic) bond motifs is 6.